The summed E-state index contributed by atoms with van der Waals surface area (Å²) < 4.78 is 5.15. The van der Waals surface area contributed by atoms with E-state index in [2.05, 4.69) is 0 Å². The van der Waals surface area contributed by atoms with Crippen molar-refractivity contribution in [1.29, 1.82) is 0 Å². The zero-order valence-corrected chi connectivity index (χ0v) is 7.59. The lowest BCUT2D eigenvalue weighted by Gasteiger charge is -2.24. The molecular weight excluding hydrogens is 178 g/mol. The Morgan fingerprint density at radius 3 is 2.75 bits per heavy atom. The molecule has 0 aromatic carbocycles. The monoisotopic (exact) mass is 189 g/mol. The number of rotatable bonds is 3. The van der Waals surface area contributed by atoms with Crippen molar-refractivity contribution in [3.63, 3.8) is 0 Å². The molecule has 0 aliphatic carbocycles. The molecule has 12 heavy (non-hydrogen) atoms. The average Bonchev–Trinajstić information content (AvgIpc) is 2.16. The second-order valence-electron chi connectivity index (χ2n) is 2.56. The van der Waals surface area contributed by atoms with Crippen LogP contribution in [-0.4, -0.2) is 42.9 Å². The van der Waals surface area contributed by atoms with Crippen LogP contribution in [0.3, 0.4) is 0 Å². The largest absolute Gasteiger partial charge is 0.378 e. The average molecular weight is 190 g/mol. The minimum absolute atomic E-state index is 0.0526. The van der Waals surface area contributed by atoms with Gasteiger partial charge in [-0.25, -0.2) is 0 Å². The highest BCUT2D eigenvalue weighted by molar-refractivity contribution is 6.29. The number of nitrogens with zero attached hydrogens (tertiary/aromatic N) is 1. The Morgan fingerprint density at radius 2 is 2.17 bits per heavy atom. The van der Waals surface area contributed by atoms with Crippen LogP contribution in [0.1, 0.15) is 0 Å². The molecule has 0 N–H and O–H groups in total. The minimum Gasteiger partial charge on any atom is -0.378 e. The van der Waals surface area contributed by atoms with Crippen molar-refractivity contribution in [3.05, 3.63) is 12.3 Å². The van der Waals surface area contributed by atoms with Gasteiger partial charge >= 0.3 is 0 Å². The number of alkyl halides is 1. The van der Waals surface area contributed by atoms with Gasteiger partial charge < -0.3 is 9.64 Å². The molecule has 0 saturated carbocycles. The van der Waals surface area contributed by atoms with Crippen LogP contribution in [0.5, 0.6) is 0 Å². The van der Waals surface area contributed by atoms with E-state index in [0.717, 1.165) is 26.3 Å². The molecule has 0 aromatic heterocycles. The van der Waals surface area contributed by atoms with Crippen molar-refractivity contribution >= 4 is 17.4 Å². The van der Waals surface area contributed by atoms with Crippen LogP contribution in [-0.2, 0) is 9.53 Å². The van der Waals surface area contributed by atoms with Gasteiger partial charge in [0, 0.05) is 19.3 Å². The molecule has 3 nitrogen and oxygen atoms in total. The molecule has 1 fully saturated rings. The summed E-state index contributed by atoms with van der Waals surface area (Å²) >= 11 is 5.33. The molecule has 1 aliphatic rings. The van der Waals surface area contributed by atoms with Gasteiger partial charge in [0.15, 0.2) is 5.78 Å². The van der Waals surface area contributed by atoms with E-state index in [1.54, 1.807) is 6.20 Å². The number of morpholine rings is 1. The molecule has 68 valence electrons. The molecule has 0 spiro atoms. The fourth-order valence-corrected chi connectivity index (χ4v) is 1.05. The highest BCUT2D eigenvalue weighted by Crippen LogP contribution is 1.97. The molecule has 1 aliphatic heterocycles. The molecule has 0 radical (unpaired) electrons. The second-order valence-corrected chi connectivity index (χ2v) is 2.83. The Morgan fingerprint density at radius 1 is 1.50 bits per heavy atom. The van der Waals surface area contributed by atoms with Gasteiger partial charge in [0.05, 0.1) is 19.1 Å². The first kappa shape index (κ1) is 9.55. The summed E-state index contributed by atoms with van der Waals surface area (Å²) in [6, 6.07) is 0. The summed E-state index contributed by atoms with van der Waals surface area (Å²) in [7, 11) is 0. The van der Waals surface area contributed by atoms with E-state index in [-0.39, 0.29) is 11.7 Å². The maximum atomic E-state index is 10.8. The van der Waals surface area contributed by atoms with Crippen molar-refractivity contribution in [2.45, 2.75) is 0 Å². The van der Waals surface area contributed by atoms with Gasteiger partial charge in [-0.05, 0) is 6.08 Å². The summed E-state index contributed by atoms with van der Waals surface area (Å²) in [5.41, 5.74) is 0. The molecule has 1 saturated heterocycles. The van der Waals surface area contributed by atoms with Crippen molar-refractivity contribution < 1.29 is 9.53 Å². The summed E-state index contributed by atoms with van der Waals surface area (Å²) in [4.78, 5) is 12.8. The maximum absolute atomic E-state index is 10.8. The Labute approximate surface area is 76.9 Å². The Balaban J connectivity index is 2.28. The molecule has 1 rings (SSSR count). The number of allylic oxidation sites excluding steroid dienone is 1. The quantitative estimate of drug-likeness (QED) is 0.482. The second kappa shape index (κ2) is 5.17. The van der Waals surface area contributed by atoms with Crippen LogP contribution in [0.2, 0.25) is 0 Å². The van der Waals surface area contributed by atoms with E-state index < -0.39 is 0 Å². The predicted octanol–water partition coefficient (Wildman–Crippen LogP) is 0.640. The molecule has 4 heteroatoms. The van der Waals surface area contributed by atoms with E-state index in [4.69, 9.17) is 16.3 Å². The lowest BCUT2D eigenvalue weighted by Crippen LogP contribution is -2.32. The summed E-state index contributed by atoms with van der Waals surface area (Å²) in [6.07, 6.45) is 3.30. The lowest BCUT2D eigenvalue weighted by atomic mass is 10.4. The Hall–Kier alpha value is -0.540. The van der Waals surface area contributed by atoms with Gasteiger partial charge in [0.1, 0.15) is 0 Å². The maximum Gasteiger partial charge on any atom is 0.171 e. The first-order valence-electron chi connectivity index (χ1n) is 3.91. The molecule has 0 amide bonds. The Kier molecular flexibility index (Phi) is 4.11. The third-order valence-corrected chi connectivity index (χ3v) is 1.91. The molecule has 0 unspecified atom stereocenters. The van der Waals surface area contributed by atoms with E-state index >= 15 is 0 Å². The number of hydrogen-bond acceptors (Lipinski definition) is 3. The SMILES string of the molecule is O=C(C=CN1CCOCC1)CCl. The van der Waals surface area contributed by atoms with Crippen molar-refractivity contribution in [3.8, 4) is 0 Å². The third-order valence-electron chi connectivity index (χ3n) is 1.65. The highest BCUT2D eigenvalue weighted by atomic mass is 35.5. The number of ketones is 1. The highest BCUT2D eigenvalue weighted by Gasteiger charge is 2.05. The first-order chi connectivity index (χ1) is 5.83. The fourth-order valence-electron chi connectivity index (χ4n) is 0.960. The van der Waals surface area contributed by atoms with Crippen molar-refractivity contribution in [1.82, 2.24) is 4.90 Å². The van der Waals surface area contributed by atoms with Crippen LogP contribution in [0.25, 0.3) is 0 Å². The zero-order valence-electron chi connectivity index (χ0n) is 6.83. The van der Waals surface area contributed by atoms with Gasteiger partial charge in [-0.15, -0.1) is 11.6 Å². The zero-order chi connectivity index (χ0) is 8.81. The third kappa shape index (κ3) is 3.24. The summed E-state index contributed by atoms with van der Waals surface area (Å²) in [5, 5.41) is 0. The van der Waals surface area contributed by atoms with E-state index in [1.165, 1.54) is 6.08 Å². The smallest absolute Gasteiger partial charge is 0.171 e. The van der Waals surface area contributed by atoms with Crippen molar-refractivity contribution in [2.24, 2.45) is 0 Å². The van der Waals surface area contributed by atoms with Crippen LogP contribution >= 0.6 is 11.6 Å². The number of carbonyl (C=O) groups excluding carboxylic acids is 1. The van der Waals surface area contributed by atoms with Crippen LogP contribution in [0.4, 0.5) is 0 Å². The number of halogens is 1. The summed E-state index contributed by atoms with van der Waals surface area (Å²) in [5.74, 6) is 0.00376. The van der Waals surface area contributed by atoms with Crippen LogP contribution in [0.15, 0.2) is 12.3 Å². The van der Waals surface area contributed by atoms with E-state index in [1.807, 2.05) is 4.90 Å². The number of ether oxygens (including phenoxy) is 1. The molecule has 1 heterocycles. The minimum atomic E-state index is -0.0526. The Bertz CT molecular complexity index is 176. The number of carbonyl (C=O) groups is 1. The number of hydrogen-bond donors (Lipinski definition) is 0. The first-order valence-corrected chi connectivity index (χ1v) is 4.45. The van der Waals surface area contributed by atoms with Gasteiger partial charge in [0.2, 0.25) is 0 Å². The lowest BCUT2D eigenvalue weighted by molar-refractivity contribution is -0.112. The van der Waals surface area contributed by atoms with E-state index in [9.17, 15) is 4.79 Å². The van der Waals surface area contributed by atoms with Gasteiger partial charge in [-0.1, -0.05) is 0 Å². The fraction of sp³-hybridized carbons (Fsp3) is 0.625. The molecule has 0 bridgehead atoms. The molecule has 0 aromatic rings. The molecule has 0 atom stereocenters. The van der Waals surface area contributed by atoms with Gasteiger partial charge in [0.25, 0.3) is 0 Å². The normalized spacial score (nSPS) is 18.6. The van der Waals surface area contributed by atoms with Crippen LogP contribution in [0, 0.1) is 0 Å². The standard InChI is InChI=1S/C8H12ClNO2/c9-7-8(11)1-2-10-3-5-12-6-4-10/h1-2H,3-7H2. The van der Waals surface area contributed by atoms with Gasteiger partial charge in [-0.2, -0.15) is 0 Å². The summed E-state index contributed by atoms with van der Waals surface area (Å²) in [6.45, 7) is 3.18. The van der Waals surface area contributed by atoms with Crippen LogP contribution < -0.4 is 0 Å². The predicted molar refractivity (Wildman–Crippen MR) is 47.3 cm³/mol. The van der Waals surface area contributed by atoms with Gasteiger partial charge in [-0.3, -0.25) is 4.79 Å². The molecular formula is C8H12ClNO2. The van der Waals surface area contributed by atoms with E-state index in [0.29, 0.717) is 0 Å². The van der Waals surface area contributed by atoms with Crippen molar-refractivity contribution in [2.75, 3.05) is 32.2 Å². The topological polar surface area (TPSA) is 29.5 Å².